The van der Waals surface area contributed by atoms with Crippen molar-refractivity contribution < 1.29 is 17.9 Å². The first-order chi connectivity index (χ1) is 14.4. The van der Waals surface area contributed by atoms with Crippen molar-refractivity contribution in [3.8, 4) is 0 Å². The summed E-state index contributed by atoms with van der Waals surface area (Å²) in [7, 11) is -3.18. The minimum atomic E-state index is -3.18. The molecule has 164 valence electrons. The van der Waals surface area contributed by atoms with E-state index in [1.165, 1.54) is 6.26 Å². The van der Waals surface area contributed by atoms with E-state index in [0.29, 0.717) is 37.8 Å². The van der Waals surface area contributed by atoms with Crippen LogP contribution in [0.2, 0.25) is 0 Å². The lowest BCUT2D eigenvalue weighted by Crippen LogP contribution is -2.50. The molecular formula is C21H30N4O4S. The molecule has 9 heteroatoms. The molecule has 2 N–H and O–H groups in total. The Labute approximate surface area is 177 Å². The number of hydrogen-bond acceptors (Lipinski definition) is 5. The second kappa shape index (κ2) is 9.05. The van der Waals surface area contributed by atoms with Gasteiger partial charge in [-0.15, -0.1) is 0 Å². The maximum Gasteiger partial charge on any atom is 0.252 e. The quantitative estimate of drug-likeness (QED) is 0.687. The van der Waals surface area contributed by atoms with Crippen LogP contribution in [0, 0.1) is 0 Å². The monoisotopic (exact) mass is 434 g/mol. The van der Waals surface area contributed by atoms with Crippen LogP contribution in [0.15, 0.2) is 30.5 Å². The lowest BCUT2D eigenvalue weighted by Gasteiger charge is -2.38. The van der Waals surface area contributed by atoms with Crippen molar-refractivity contribution in [1.82, 2.24) is 19.5 Å². The van der Waals surface area contributed by atoms with E-state index in [9.17, 15) is 13.2 Å². The molecule has 2 fully saturated rings. The van der Waals surface area contributed by atoms with Crippen LogP contribution >= 0.6 is 0 Å². The molecule has 0 bridgehead atoms. The zero-order valence-corrected chi connectivity index (χ0v) is 18.2. The fraction of sp³-hybridized carbons (Fsp3) is 0.571. The van der Waals surface area contributed by atoms with Crippen LogP contribution in [0.1, 0.15) is 29.6 Å². The van der Waals surface area contributed by atoms with Crippen LogP contribution in [0.3, 0.4) is 0 Å². The molecule has 1 aromatic heterocycles. The molecule has 2 aliphatic rings. The molecule has 2 aliphatic heterocycles. The number of carbonyl (C=O) groups excluding carboxylic acids is 1. The maximum absolute atomic E-state index is 12.8. The second-order valence-corrected chi connectivity index (χ2v) is 10.1. The number of sulfonamides is 1. The maximum atomic E-state index is 12.8. The van der Waals surface area contributed by atoms with E-state index in [0.717, 1.165) is 43.4 Å². The summed E-state index contributed by atoms with van der Waals surface area (Å²) in [6.07, 6.45) is 5.80. The highest BCUT2D eigenvalue weighted by atomic mass is 32.2. The number of benzene rings is 1. The first-order valence-electron chi connectivity index (χ1n) is 10.6. The third kappa shape index (κ3) is 4.69. The SMILES string of the molecule is CS(=O)(=O)N1CCC(N(CCNC(=O)c2cccc3[nH]ccc23)C2CCOCC2)C1. The number of aromatic nitrogens is 1. The Morgan fingerprint density at radius 3 is 2.77 bits per heavy atom. The van der Waals surface area contributed by atoms with Crippen molar-refractivity contribution >= 4 is 26.8 Å². The molecule has 2 aromatic rings. The molecule has 0 radical (unpaired) electrons. The van der Waals surface area contributed by atoms with Crippen molar-refractivity contribution in [1.29, 1.82) is 0 Å². The molecule has 2 saturated heterocycles. The molecule has 8 nitrogen and oxygen atoms in total. The fourth-order valence-corrected chi connectivity index (χ4v) is 5.52. The van der Waals surface area contributed by atoms with Crippen LogP contribution in [0.25, 0.3) is 10.9 Å². The molecular weight excluding hydrogens is 404 g/mol. The zero-order chi connectivity index (χ0) is 21.1. The number of amides is 1. The number of rotatable bonds is 7. The van der Waals surface area contributed by atoms with Gasteiger partial charge in [-0.05, 0) is 37.5 Å². The van der Waals surface area contributed by atoms with Gasteiger partial charge in [0.15, 0.2) is 0 Å². The summed E-state index contributed by atoms with van der Waals surface area (Å²) < 4.78 is 31.0. The highest BCUT2D eigenvalue weighted by molar-refractivity contribution is 7.88. The highest BCUT2D eigenvalue weighted by Gasteiger charge is 2.35. The number of H-pyrrole nitrogens is 1. The Hall–Kier alpha value is -1.94. The molecule has 30 heavy (non-hydrogen) atoms. The normalized spacial score (nSPS) is 21.5. The minimum Gasteiger partial charge on any atom is -0.381 e. The lowest BCUT2D eigenvalue weighted by atomic mass is 10.0. The molecule has 0 aliphatic carbocycles. The zero-order valence-electron chi connectivity index (χ0n) is 17.3. The van der Waals surface area contributed by atoms with Gasteiger partial charge < -0.3 is 15.0 Å². The van der Waals surface area contributed by atoms with E-state index in [1.54, 1.807) is 4.31 Å². The number of fused-ring (bicyclic) bond motifs is 1. The highest BCUT2D eigenvalue weighted by Crippen LogP contribution is 2.24. The molecule has 1 aromatic carbocycles. The number of nitrogens with zero attached hydrogens (tertiary/aromatic N) is 2. The topological polar surface area (TPSA) is 94.7 Å². The van der Waals surface area contributed by atoms with Gasteiger partial charge in [0.05, 0.1) is 6.26 Å². The van der Waals surface area contributed by atoms with E-state index < -0.39 is 10.0 Å². The van der Waals surface area contributed by atoms with Crippen molar-refractivity contribution in [2.45, 2.75) is 31.3 Å². The van der Waals surface area contributed by atoms with Gasteiger partial charge in [-0.25, -0.2) is 12.7 Å². The van der Waals surface area contributed by atoms with Crippen molar-refractivity contribution in [2.24, 2.45) is 0 Å². The summed E-state index contributed by atoms with van der Waals surface area (Å²) in [6, 6.07) is 8.10. The van der Waals surface area contributed by atoms with Crippen LogP contribution in [-0.2, 0) is 14.8 Å². The van der Waals surface area contributed by atoms with Crippen molar-refractivity contribution in [3.05, 3.63) is 36.0 Å². The molecule has 1 unspecified atom stereocenters. The second-order valence-electron chi connectivity index (χ2n) is 8.15. The molecule has 0 saturated carbocycles. The largest absolute Gasteiger partial charge is 0.381 e. The van der Waals surface area contributed by atoms with Crippen LogP contribution < -0.4 is 5.32 Å². The number of hydrogen-bond donors (Lipinski definition) is 2. The third-order valence-electron chi connectivity index (χ3n) is 6.22. The fourth-order valence-electron chi connectivity index (χ4n) is 4.64. The van der Waals surface area contributed by atoms with Crippen molar-refractivity contribution in [3.63, 3.8) is 0 Å². The predicted molar refractivity (Wildman–Crippen MR) is 116 cm³/mol. The number of ether oxygens (including phenoxy) is 1. The summed E-state index contributed by atoms with van der Waals surface area (Å²) in [5.41, 5.74) is 1.61. The van der Waals surface area contributed by atoms with E-state index in [4.69, 9.17) is 4.74 Å². The summed E-state index contributed by atoms with van der Waals surface area (Å²) >= 11 is 0. The van der Waals surface area contributed by atoms with Gasteiger partial charge in [0, 0.05) is 74.1 Å². The smallest absolute Gasteiger partial charge is 0.252 e. The van der Waals surface area contributed by atoms with Crippen LogP contribution in [0.5, 0.6) is 0 Å². The van der Waals surface area contributed by atoms with Gasteiger partial charge in [-0.3, -0.25) is 9.69 Å². The van der Waals surface area contributed by atoms with E-state index >= 15 is 0 Å². The number of carbonyl (C=O) groups is 1. The predicted octanol–water partition coefficient (Wildman–Crippen LogP) is 1.41. The Bertz CT molecular complexity index is 984. The minimum absolute atomic E-state index is 0.0867. The van der Waals surface area contributed by atoms with E-state index in [2.05, 4.69) is 15.2 Å². The van der Waals surface area contributed by atoms with Crippen molar-refractivity contribution in [2.75, 3.05) is 45.6 Å². The van der Waals surface area contributed by atoms with Gasteiger partial charge in [-0.1, -0.05) is 6.07 Å². The van der Waals surface area contributed by atoms with Gasteiger partial charge in [-0.2, -0.15) is 0 Å². The van der Waals surface area contributed by atoms with E-state index in [1.807, 2.05) is 30.5 Å². The third-order valence-corrected chi connectivity index (χ3v) is 7.49. The standard InChI is InChI=1S/C21H30N4O4S/c1-30(27,28)24-11-6-17(15-24)25(16-7-13-29-14-8-16)12-10-23-21(26)19-3-2-4-20-18(19)5-9-22-20/h2-5,9,16-17,22H,6-8,10-15H2,1H3,(H,23,26). The summed E-state index contributed by atoms with van der Waals surface area (Å²) in [5, 5.41) is 3.97. The Kier molecular flexibility index (Phi) is 6.43. The molecule has 1 amide bonds. The molecule has 4 rings (SSSR count). The first kappa shape index (κ1) is 21.3. The Morgan fingerprint density at radius 2 is 2.03 bits per heavy atom. The van der Waals surface area contributed by atoms with Gasteiger partial charge >= 0.3 is 0 Å². The van der Waals surface area contributed by atoms with Gasteiger partial charge in [0.2, 0.25) is 10.0 Å². The van der Waals surface area contributed by atoms with Gasteiger partial charge in [0.25, 0.3) is 5.91 Å². The molecule has 3 heterocycles. The summed E-state index contributed by atoms with van der Waals surface area (Å²) in [5.74, 6) is -0.0867. The Balaban J connectivity index is 1.41. The molecule has 0 spiro atoms. The summed E-state index contributed by atoms with van der Waals surface area (Å²) in [4.78, 5) is 18.3. The average molecular weight is 435 g/mol. The van der Waals surface area contributed by atoms with Crippen LogP contribution in [-0.4, -0.2) is 86.2 Å². The van der Waals surface area contributed by atoms with E-state index in [-0.39, 0.29) is 11.9 Å². The summed E-state index contributed by atoms with van der Waals surface area (Å²) in [6.45, 7) is 3.75. The van der Waals surface area contributed by atoms with Gasteiger partial charge in [0.1, 0.15) is 0 Å². The first-order valence-corrected chi connectivity index (χ1v) is 12.4. The number of aromatic amines is 1. The lowest BCUT2D eigenvalue weighted by molar-refractivity contribution is 0.0194. The van der Waals surface area contributed by atoms with Crippen LogP contribution in [0.4, 0.5) is 0 Å². The number of nitrogens with one attached hydrogen (secondary N) is 2. The molecule has 1 atom stereocenters. The Morgan fingerprint density at radius 1 is 1.23 bits per heavy atom. The average Bonchev–Trinajstić information content (AvgIpc) is 3.41.